The Morgan fingerprint density at radius 2 is 1.81 bits per heavy atom. The molecule has 132 valence electrons. The van der Waals surface area contributed by atoms with Crippen LogP contribution in [0.2, 0.25) is 0 Å². The molecule has 6 nitrogen and oxygen atoms in total. The molecule has 8 heteroatoms. The lowest BCUT2D eigenvalue weighted by atomic mass is 10.2. The van der Waals surface area contributed by atoms with Crippen LogP contribution in [-0.4, -0.2) is 13.4 Å². The summed E-state index contributed by atoms with van der Waals surface area (Å²) in [5, 5.41) is 11.9. The lowest BCUT2D eigenvalue weighted by Crippen LogP contribution is -2.11. The number of nitrogens with zero attached hydrogens (tertiary/aromatic N) is 2. The molecule has 0 unspecified atom stereocenters. The van der Waals surface area contributed by atoms with E-state index in [1.807, 2.05) is 13.0 Å². The predicted molar refractivity (Wildman–Crippen MR) is 103 cm³/mol. The Balaban J connectivity index is 1.69. The van der Waals surface area contributed by atoms with E-state index in [1.54, 1.807) is 42.5 Å². The van der Waals surface area contributed by atoms with E-state index in [4.69, 9.17) is 5.26 Å². The molecule has 3 rings (SSSR count). The summed E-state index contributed by atoms with van der Waals surface area (Å²) < 4.78 is 27.6. The second-order valence-corrected chi connectivity index (χ2v) is 8.50. The normalized spacial score (nSPS) is 10.9. The molecule has 26 heavy (non-hydrogen) atoms. The van der Waals surface area contributed by atoms with Crippen LogP contribution in [0.25, 0.3) is 0 Å². The molecule has 0 aliphatic heterocycles. The first-order valence-corrected chi connectivity index (χ1v) is 10.1. The number of anilines is 3. The second-order valence-electron chi connectivity index (χ2n) is 5.43. The average molecular weight is 384 g/mol. The van der Waals surface area contributed by atoms with E-state index in [0.29, 0.717) is 17.1 Å². The van der Waals surface area contributed by atoms with Gasteiger partial charge >= 0.3 is 0 Å². The van der Waals surface area contributed by atoms with Gasteiger partial charge in [-0.3, -0.25) is 4.72 Å². The molecule has 0 amide bonds. The number of benzene rings is 1. The summed E-state index contributed by atoms with van der Waals surface area (Å²) in [6.45, 7) is 1.99. The van der Waals surface area contributed by atoms with Crippen molar-refractivity contribution in [1.29, 1.82) is 5.26 Å². The quantitative estimate of drug-likeness (QED) is 0.666. The van der Waals surface area contributed by atoms with Crippen molar-refractivity contribution >= 4 is 38.6 Å². The molecule has 0 atom stereocenters. The zero-order chi connectivity index (χ0) is 18.6. The highest BCUT2D eigenvalue weighted by atomic mass is 32.2. The smallest absolute Gasteiger partial charge is 0.271 e. The van der Waals surface area contributed by atoms with Gasteiger partial charge in [0.1, 0.15) is 10.0 Å². The minimum absolute atomic E-state index is 0.286. The molecule has 2 heterocycles. The highest BCUT2D eigenvalue weighted by Crippen LogP contribution is 2.25. The zero-order valence-electron chi connectivity index (χ0n) is 13.9. The summed E-state index contributed by atoms with van der Waals surface area (Å²) in [7, 11) is -3.60. The Labute approximate surface area is 156 Å². The van der Waals surface area contributed by atoms with Crippen molar-refractivity contribution in [3.63, 3.8) is 0 Å². The maximum atomic E-state index is 12.4. The average Bonchev–Trinajstić information content (AvgIpc) is 3.14. The second kappa shape index (κ2) is 7.56. The maximum absolute atomic E-state index is 12.4. The van der Waals surface area contributed by atoms with Gasteiger partial charge in [0, 0.05) is 10.6 Å². The van der Waals surface area contributed by atoms with E-state index in [2.05, 4.69) is 21.1 Å². The van der Waals surface area contributed by atoms with Crippen LogP contribution in [-0.2, 0) is 16.4 Å². The van der Waals surface area contributed by atoms with Crippen LogP contribution in [0, 0.1) is 11.3 Å². The van der Waals surface area contributed by atoms with Gasteiger partial charge in [0.15, 0.2) is 0 Å². The lowest BCUT2D eigenvalue weighted by molar-refractivity contribution is 0.603. The van der Waals surface area contributed by atoms with Gasteiger partial charge < -0.3 is 5.32 Å². The summed E-state index contributed by atoms with van der Waals surface area (Å²) in [6.07, 6.45) is 2.26. The number of pyridine rings is 1. The predicted octanol–water partition coefficient (Wildman–Crippen LogP) is 4.12. The molecule has 1 aromatic carbocycles. The first kappa shape index (κ1) is 17.9. The van der Waals surface area contributed by atoms with Crippen molar-refractivity contribution in [3.05, 3.63) is 65.2 Å². The van der Waals surface area contributed by atoms with Gasteiger partial charge in [0.05, 0.1) is 23.5 Å². The molecule has 0 saturated carbocycles. The van der Waals surface area contributed by atoms with Crippen LogP contribution < -0.4 is 10.0 Å². The summed E-state index contributed by atoms with van der Waals surface area (Å²) in [6, 6.07) is 15.8. The fraction of sp³-hybridized carbons (Fsp3) is 0.111. The van der Waals surface area contributed by atoms with Crippen LogP contribution in [0.4, 0.5) is 17.2 Å². The molecule has 0 fully saturated rings. The van der Waals surface area contributed by atoms with Crippen LogP contribution in [0.15, 0.2) is 58.9 Å². The Morgan fingerprint density at radius 3 is 2.38 bits per heavy atom. The van der Waals surface area contributed by atoms with Gasteiger partial charge in [-0.15, -0.1) is 11.3 Å². The number of aromatic nitrogens is 1. The summed E-state index contributed by atoms with van der Waals surface area (Å²) in [5.41, 5.74) is 1.76. The monoisotopic (exact) mass is 384 g/mol. The van der Waals surface area contributed by atoms with Crippen molar-refractivity contribution in [2.24, 2.45) is 0 Å². The molecule has 2 aromatic heterocycles. The molecule has 3 aromatic rings. The maximum Gasteiger partial charge on any atom is 0.271 e. The van der Waals surface area contributed by atoms with E-state index in [-0.39, 0.29) is 4.21 Å². The molecule has 0 aliphatic carbocycles. The van der Waals surface area contributed by atoms with Crippen molar-refractivity contribution in [1.82, 2.24) is 4.98 Å². The van der Waals surface area contributed by atoms with Gasteiger partial charge in [0.2, 0.25) is 0 Å². The first-order valence-electron chi connectivity index (χ1n) is 7.85. The molecule has 0 bridgehead atoms. The number of hydrogen-bond donors (Lipinski definition) is 2. The number of nitriles is 1. The van der Waals surface area contributed by atoms with E-state index in [1.165, 1.54) is 17.5 Å². The molecule has 0 spiro atoms. The third-order valence-corrected chi connectivity index (χ3v) is 6.66. The topological polar surface area (TPSA) is 94.9 Å². The van der Waals surface area contributed by atoms with Crippen LogP contribution in [0.3, 0.4) is 0 Å². The number of thiophene rings is 1. The molecule has 0 aliphatic rings. The SMILES string of the molecule is CCc1ccc(S(=O)(=O)Nc2ccc(Nc3ccc(C#N)cc3)nc2)s1. The molecule has 2 N–H and O–H groups in total. The molecule has 0 radical (unpaired) electrons. The van der Waals surface area contributed by atoms with Gasteiger partial charge in [-0.1, -0.05) is 6.92 Å². The summed E-state index contributed by atoms with van der Waals surface area (Å²) in [5.74, 6) is 0.571. The van der Waals surface area contributed by atoms with Gasteiger partial charge in [-0.05, 0) is 55.0 Å². The van der Waals surface area contributed by atoms with Crippen LogP contribution >= 0.6 is 11.3 Å². The Kier molecular flexibility index (Phi) is 5.21. The Morgan fingerprint density at radius 1 is 1.08 bits per heavy atom. The van der Waals surface area contributed by atoms with Crippen molar-refractivity contribution in [2.45, 2.75) is 17.6 Å². The van der Waals surface area contributed by atoms with Crippen molar-refractivity contribution in [2.75, 3.05) is 10.0 Å². The van der Waals surface area contributed by atoms with Gasteiger partial charge in [0.25, 0.3) is 10.0 Å². The van der Waals surface area contributed by atoms with E-state index in [9.17, 15) is 8.42 Å². The highest BCUT2D eigenvalue weighted by Gasteiger charge is 2.16. The Hall–Kier alpha value is -2.89. The lowest BCUT2D eigenvalue weighted by Gasteiger charge is -2.08. The highest BCUT2D eigenvalue weighted by molar-refractivity contribution is 7.94. The van der Waals surface area contributed by atoms with E-state index in [0.717, 1.165) is 17.0 Å². The van der Waals surface area contributed by atoms with Crippen molar-refractivity contribution < 1.29 is 8.42 Å². The fourth-order valence-corrected chi connectivity index (χ4v) is 4.54. The van der Waals surface area contributed by atoms with Crippen molar-refractivity contribution in [3.8, 4) is 6.07 Å². The van der Waals surface area contributed by atoms with Gasteiger partial charge in [-0.2, -0.15) is 5.26 Å². The number of nitrogens with one attached hydrogen (secondary N) is 2. The minimum atomic E-state index is -3.60. The summed E-state index contributed by atoms with van der Waals surface area (Å²) >= 11 is 1.26. The summed E-state index contributed by atoms with van der Waals surface area (Å²) in [4.78, 5) is 5.24. The number of aryl methyl sites for hydroxylation is 1. The Bertz CT molecular complexity index is 1030. The van der Waals surface area contributed by atoms with E-state index >= 15 is 0 Å². The molecular weight excluding hydrogens is 368 g/mol. The number of hydrogen-bond acceptors (Lipinski definition) is 6. The number of sulfonamides is 1. The molecule has 0 saturated heterocycles. The fourth-order valence-electron chi connectivity index (χ4n) is 2.20. The molecular formula is C18H16N4O2S2. The first-order chi connectivity index (χ1) is 12.5. The number of rotatable bonds is 6. The standard InChI is InChI=1S/C18H16N4O2S2/c1-2-16-8-10-18(25-16)26(23,24)22-15-7-9-17(20-12-15)21-14-5-3-13(11-19)4-6-14/h3-10,12,22H,2H2,1H3,(H,20,21). The zero-order valence-corrected chi connectivity index (χ0v) is 15.6. The van der Waals surface area contributed by atoms with Crippen LogP contribution in [0.5, 0.6) is 0 Å². The van der Waals surface area contributed by atoms with E-state index < -0.39 is 10.0 Å². The third kappa shape index (κ3) is 4.20. The van der Waals surface area contributed by atoms with Gasteiger partial charge in [-0.25, -0.2) is 13.4 Å². The van der Waals surface area contributed by atoms with Crippen LogP contribution in [0.1, 0.15) is 17.4 Å². The minimum Gasteiger partial charge on any atom is -0.340 e. The third-order valence-electron chi connectivity index (χ3n) is 3.55. The largest absolute Gasteiger partial charge is 0.340 e.